The summed E-state index contributed by atoms with van der Waals surface area (Å²) in [5.74, 6) is 0.501. The number of aliphatic hydroxyl groups excluding tert-OH is 1. The number of carbonyl (C=O) groups is 1. The third-order valence-corrected chi connectivity index (χ3v) is 4.35. The van der Waals surface area contributed by atoms with Gasteiger partial charge in [-0.15, -0.1) is 0 Å². The van der Waals surface area contributed by atoms with E-state index in [0.29, 0.717) is 12.5 Å². The quantitative estimate of drug-likeness (QED) is 0.718. The Bertz CT molecular complexity index is 531. The van der Waals surface area contributed by atoms with Gasteiger partial charge in [0.2, 0.25) is 0 Å². The minimum Gasteiger partial charge on any atom is -0.444 e. The van der Waals surface area contributed by atoms with Crippen molar-refractivity contribution in [3.8, 4) is 0 Å². The maximum absolute atomic E-state index is 12.0. The van der Waals surface area contributed by atoms with E-state index in [0.717, 1.165) is 19.3 Å². The Morgan fingerprint density at radius 3 is 2.24 bits per heavy atom. The zero-order chi connectivity index (χ0) is 19.1. The van der Waals surface area contributed by atoms with Crippen molar-refractivity contribution in [3.63, 3.8) is 0 Å². The van der Waals surface area contributed by atoms with Crippen LogP contribution in [0, 0.1) is 5.41 Å². The summed E-state index contributed by atoms with van der Waals surface area (Å²) in [7, 11) is 0. The molecule has 2 N–H and O–H groups in total. The van der Waals surface area contributed by atoms with Crippen LogP contribution in [0.4, 0.5) is 4.79 Å². The molecule has 4 nitrogen and oxygen atoms in total. The van der Waals surface area contributed by atoms with Crippen molar-refractivity contribution in [2.45, 2.75) is 72.3 Å². The molecule has 0 aromatic heterocycles. The summed E-state index contributed by atoms with van der Waals surface area (Å²) < 4.78 is 5.32. The molecule has 0 bridgehead atoms. The first-order chi connectivity index (χ1) is 11.6. The highest BCUT2D eigenvalue weighted by Crippen LogP contribution is 2.29. The molecule has 0 saturated carbocycles. The summed E-state index contributed by atoms with van der Waals surface area (Å²) in [5.41, 5.74) is 1.59. The van der Waals surface area contributed by atoms with Gasteiger partial charge in [0, 0.05) is 12.0 Å². The Morgan fingerprint density at radius 2 is 1.80 bits per heavy atom. The molecule has 1 atom stereocenters. The van der Waals surface area contributed by atoms with E-state index in [4.69, 9.17) is 4.74 Å². The van der Waals surface area contributed by atoms with Gasteiger partial charge < -0.3 is 15.2 Å². The number of nitrogens with one attached hydrogen (secondary N) is 1. The van der Waals surface area contributed by atoms with Crippen LogP contribution in [0.15, 0.2) is 24.3 Å². The van der Waals surface area contributed by atoms with E-state index < -0.39 is 11.7 Å². The summed E-state index contributed by atoms with van der Waals surface area (Å²) in [5, 5.41) is 12.9. The Morgan fingerprint density at radius 1 is 1.20 bits per heavy atom. The topological polar surface area (TPSA) is 58.6 Å². The number of aliphatic hydroxyl groups is 1. The molecule has 1 aromatic carbocycles. The molecule has 142 valence electrons. The molecular weight excluding hydrogens is 314 g/mol. The second-order valence-corrected chi connectivity index (χ2v) is 8.34. The Labute approximate surface area is 153 Å². The van der Waals surface area contributed by atoms with Crippen LogP contribution in [0.25, 0.3) is 0 Å². The highest BCUT2D eigenvalue weighted by Gasteiger charge is 2.30. The SMILES string of the molecule is CCCC(CO)(CNC(=O)OC(C)(C)C)Cc1ccc(C(C)C)cc1. The van der Waals surface area contributed by atoms with Crippen molar-refractivity contribution in [1.29, 1.82) is 0 Å². The minimum atomic E-state index is -0.524. The van der Waals surface area contributed by atoms with Crippen molar-refractivity contribution in [2.24, 2.45) is 5.41 Å². The molecule has 0 radical (unpaired) electrons. The van der Waals surface area contributed by atoms with Gasteiger partial charge in [0.25, 0.3) is 0 Å². The first kappa shape index (κ1) is 21.5. The number of benzene rings is 1. The minimum absolute atomic E-state index is 0.0303. The Hall–Kier alpha value is -1.55. The molecule has 4 heteroatoms. The van der Waals surface area contributed by atoms with Gasteiger partial charge in [-0.25, -0.2) is 4.79 Å². The highest BCUT2D eigenvalue weighted by molar-refractivity contribution is 5.67. The van der Waals surface area contributed by atoms with Crippen LogP contribution in [-0.2, 0) is 11.2 Å². The van der Waals surface area contributed by atoms with Crippen molar-refractivity contribution >= 4 is 6.09 Å². The summed E-state index contributed by atoms with van der Waals surface area (Å²) in [6.07, 6.45) is 2.08. The number of hydrogen-bond donors (Lipinski definition) is 2. The number of ether oxygens (including phenoxy) is 1. The molecule has 0 aliphatic carbocycles. The number of rotatable bonds is 8. The summed E-state index contributed by atoms with van der Waals surface area (Å²) >= 11 is 0. The third kappa shape index (κ3) is 7.47. The summed E-state index contributed by atoms with van der Waals surface area (Å²) in [6.45, 7) is 12.4. The van der Waals surface area contributed by atoms with E-state index in [1.807, 2.05) is 20.8 Å². The standard InChI is InChI=1S/C21H35NO3/c1-7-12-21(15-23,14-22-19(24)25-20(4,5)6)13-17-8-10-18(11-9-17)16(2)3/h8-11,16,23H,7,12-15H2,1-6H3,(H,22,24). The molecule has 1 unspecified atom stereocenters. The average molecular weight is 350 g/mol. The zero-order valence-corrected chi connectivity index (χ0v) is 16.7. The van der Waals surface area contributed by atoms with Crippen LogP contribution < -0.4 is 5.32 Å². The molecule has 0 aliphatic heterocycles. The number of carbonyl (C=O) groups excluding carboxylic acids is 1. The molecule has 0 heterocycles. The maximum Gasteiger partial charge on any atom is 0.407 e. The molecule has 1 amide bonds. The summed E-state index contributed by atoms with van der Waals surface area (Å²) in [4.78, 5) is 12.0. The van der Waals surface area contributed by atoms with E-state index >= 15 is 0 Å². The van der Waals surface area contributed by atoms with Crippen LogP contribution in [0.5, 0.6) is 0 Å². The molecular formula is C21H35NO3. The van der Waals surface area contributed by atoms with Crippen LogP contribution in [0.1, 0.15) is 71.4 Å². The fourth-order valence-electron chi connectivity index (χ4n) is 2.99. The number of alkyl carbamates (subject to hydrolysis) is 1. The fourth-order valence-corrected chi connectivity index (χ4v) is 2.99. The molecule has 1 rings (SSSR count). The van der Waals surface area contributed by atoms with Crippen LogP contribution in [0.2, 0.25) is 0 Å². The molecule has 0 aliphatic rings. The first-order valence-electron chi connectivity index (χ1n) is 9.27. The molecule has 25 heavy (non-hydrogen) atoms. The van der Waals surface area contributed by atoms with Crippen molar-refractivity contribution in [3.05, 3.63) is 35.4 Å². The third-order valence-electron chi connectivity index (χ3n) is 4.35. The fraction of sp³-hybridized carbons (Fsp3) is 0.667. The maximum atomic E-state index is 12.0. The van der Waals surface area contributed by atoms with Gasteiger partial charge >= 0.3 is 6.09 Å². The van der Waals surface area contributed by atoms with E-state index in [1.165, 1.54) is 11.1 Å². The number of amides is 1. The molecule has 0 spiro atoms. The summed E-state index contributed by atoms with van der Waals surface area (Å²) in [6, 6.07) is 8.55. The average Bonchev–Trinajstić information content (AvgIpc) is 2.52. The van der Waals surface area contributed by atoms with Gasteiger partial charge in [-0.2, -0.15) is 0 Å². The van der Waals surface area contributed by atoms with E-state index in [1.54, 1.807) is 0 Å². The van der Waals surface area contributed by atoms with Crippen molar-refractivity contribution in [2.75, 3.05) is 13.2 Å². The van der Waals surface area contributed by atoms with Gasteiger partial charge in [0.05, 0.1) is 6.61 Å². The van der Waals surface area contributed by atoms with Crippen molar-refractivity contribution < 1.29 is 14.6 Å². The second kappa shape index (κ2) is 9.23. The predicted molar refractivity (Wildman–Crippen MR) is 103 cm³/mol. The molecule has 0 fully saturated rings. The largest absolute Gasteiger partial charge is 0.444 e. The smallest absolute Gasteiger partial charge is 0.407 e. The lowest BCUT2D eigenvalue weighted by atomic mass is 9.78. The van der Waals surface area contributed by atoms with Crippen LogP contribution >= 0.6 is 0 Å². The van der Waals surface area contributed by atoms with E-state index in [9.17, 15) is 9.90 Å². The second-order valence-electron chi connectivity index (χ2n) is 8.34. The van der Waals surface area contributed by atoms with E-state index in [-0.39, 0.29) is 12.0 Å². The highest BCUT2D eigenvalue weighted by atomic mass is 16.6. The monoisotopic (exact) mass is 349 g/mol. The lowest BCUT2D eigenvalue weighted by molar-refractivity contribution is 0.0455. The number of hydrogen-bond acceptors (Lipinski definition) is 3. The predicted octanol–water partition coefficient (Wildman–Crippen LogP) is 4.66. The van der Waals surface area contributed by atoms with Gasteiger partial charge in [0.1, 0.15) is 5.60 Å². The first-order valence-corrected chi connectivity index (χ1v) is 9.27. The van der Waals surface area contributed by atoms with Gasteiger partial charge in [-0.1, -0.05) is 51.5 Å². The Kier molecular flexibility index (Phi) is 7.94. The van der Waals surface area contributed by atoms with Crippen LogP contribution in [-0.4, -0.2) is 30.0 Å². The zero-order valence-electron chi connectivity index (χ0n) is 16.7. The Balaban J connectivity index is 2.82. The van der Waals surface area contributed by atoms with E-state index in [2.05, 4.69) is 50.4 Å². The van der Waals surface area contributed by atoms with Crippen molar-refractivity contribution in [1.82, 2.24) is 5.32 Å². The van der Waals surface area contributed by atoms with Crippen LogP contribution in [0.3, 0.4) is 0 Å². The molecule has 0 saturated heterocycles. The lowest BCUT2D eigenvalue weighted by Crippen LogP contribution is -2.43. The van der Waals surface area contributed by atoms with Gasteiger partial charge in [-0.05, 0) is 50.7 Å². The van der Waals surface area contributed by atoms with Gasteiger partial charge in [-0.3, -0.25) is 0 Å². The lowest BCUT2D eigenvalue weighted by Gasteiger charge is -2.32. The van der Waals surface area contributed by atoms with Gasteiger partial charge in [0.15, 0.2) is 0 Å². The normalized spacial score (nSPS) is 14.2. The molecule has 1 aromatic rings.